The topological polar surface area (TPSA) is 149 Å². The van der Waals surface area contributed by atoms with Crippen molar-refractivity contribution in [1.29, 1.82) is 0 Å². The first-order chi connectivity index (χ1) is 18.2. The second-order valence-electron chi connectivity index (χ2n) is 10.5. The number of carboxylic acid groups (broad SMARTS) is 1. The van der Waals surface area contributed by atoms with Gasteiger partial charge in [0.25, 0.3) is 0 Å². The number of carbonyl (C=O) groups excluding carboxylic acids is 3. The molecule has 2 aromatic rings. The van der Waals surface area contributed by atoms with E-state index in [2.05, 4.69) is 21.3 Å². The van der Waals surface area contributed by atoms with Gasteiger partial charge in [0.15, 0.2) is 0 Å². The predicted octanol–water partition coefficient (Wildman–Crippen LogP) is 1.96. The quantitative estimate of drug-likeness (QED) is 0.268. The highest BCUT2D eigenvalue weighted by Gasteiger charge is 2.39. The summed E-state index contributed by atoms with van der Waals surface area (Å²) in [6, 6.07) is 11.1. The summed E-state index contributed by atoms with van der Waals surface area (Å²) in [6.07, 6.45) is 0.195. The van der Waals surface area contributed by atoms with Crippen LogP contribution in [-0.4, -0.2) is 66.3 Å². The molecule has 0 radical (unpaired) electrons. The summed E-state index contributed by atoms with van der Waals surface area (Å²) >= 11 is 0. The van der Waals surface area contributed by atoms with Crippen LogP contribution >= 0.6 is 0 Å². The van der Waals surface area contributed by atoms with E-state index in [9.17, 15) is 24.3 Å². The van der Waals surface area contributed by atoms with Gasteiger partial charge in [0.05, 0.1) is 12.6 Å². The maximum absolute atomic E-state index is 13.4. The van der Waals surface area contributed by atoms with Crippen molar-refractivity contribution >= 4 is 34.6 Å². The molecule has 10 nitrogen and oxygen atoms in total. The lowest BCUT2D eigenvalue weighted by molar-refractivity contribution is -0.131. The molecule has 38 heavy (non-hydrogen) atoms. The van der Waals surface area contributed by atoms with E-state index < -0.39 is 24.1 Å². The molecule has 4 amide bonds. The van der Waals surface area contributed by atoms with Gasteiger partial charge in [-0.2, -0.15) is 0 Å². The highest BCUT2D eigenvalue weighted by Crippen LogP contribution is 2.24. The van der Waals surface area contributed by atoms with Crippen molar-refractivity contribution < 1.29 is 29.0 Å². The third-order valence-electron chi connectivity index (χ3n) is 7.10. The zero-order valence-electron chi connectivity index (χ0n) is 21.7. The van der Waals surface area contributed by atoms with E-state index in [0.29, 0.717) is 32.4 Å². The summed E-state index contributed by atoms with van der Waals surface area (Å²) in [7, 11) is 0. The minimum Gasteiger partial charge on any atom is -0.465 e. The van der Waals surface area contributed by atoms with E-state index in [1.165, 1.54) is 0 Å². The Morgan fingerprint density at radius 1 is 1.03 bits per heavy atom. The summed E-state index contributed by atoms with van der Waals surface area (Å²) in [6.45, 7) is 5.02. The fourth-order valence-corrected chi connectivity index (χ4v) is 5.08. The van der Waals surface area contributed by atoms with Gasteiger partial charge in [-0.25, -0.2) is 4.79 Å². The standard InChI is InChI=1S/C28H36N4O6/c1-16(2)12-22(26(34)30-21(24-15-38-24)14-19-10-11-29-25(19)33)31-27(35)23(32-28(36)37)13-18-8-5-7-17-6-3-4-9-20(17)18/h3-9,16,19,21-24,32H,10-15H2,1-2H3,(H,29,33)(H,30,34)(H,31,35)(H,36,37)/t19-,21-,22-,23-,24?/m0/s1. The monoisotopic (exact) mass is 524 g/mol. The first-order valence-corrected chi connectivity index (χ1v) is 13.2. The van der Waals surface area contributed by atoms with Gasteiger partial charge in [-0.1, -0.05) is 56.3 Å². The molecule has 4 rings (SSSR count). The van der Waals surface area contributed by atoms with E-state index in [1.54, 1.807) is 0 Å². The van der Waals surface area contributed by atoms with Crippen molar-refractivity contribution in [1.82, 2.24) is 21.3 Å². The van der Waals surface area contributed by atoms with Crippen LogP contribution < -0.4 is 21.3 Å². The second kappa shape index (κ2) is 12.3. The number of benzene rings is 2. The lowest BCUT2D eigenvalue weighted by Crippen LogP contribution is -2.56. The molecule has 204 valence electrons. The molecule has 2 aromatic carbocycles. The third kappa shape index (κ3) is 7.22. The summed E-state index contributed by atoms with van der Waals surface area (Å²) in [5, 5.41) is 22.3. The van der Waals surface area contributed by atoms with Crippen LogP contribution in [0.1, 0.15) is 38.7 Å². The van der Waals surface area contributed by atoms with Gasteiger partial charge in [-0.15, -0.1) is 0 Å². The van der Waals surface area contributed by atoms with Crippen molar-refractivity contribution in [3.63, 3.8) is 0 Å². The lowest BCUT2D eigenvalue weighted by Gasteiger charge is -2.26. The predicted molar refractivity (Wildman–Crippen MR) is 141 cm³/mol. The molecule has 2 fully saturated rings. The first-order valence-electron chi connectivity index (χ1n) is 13.2. The van der Waals surface area contributed by atoms with E-state index in [0.717, 1.165) is 16.3 Å². The Bertz CT molecular complexity index is 1180. The first kappa shape index (κ1) is 27.4. The molecule has 2 aliphatic heterocycles. The van der Waals surface area contributed by atoms with Crippen LogP contribution in [0, 0.1) is 11.8 Å². The largest absolute Gasteiger partial charge is 0.465 e. The average molecular weight is 525 g/mol. The number of rotatable bonds is 12. The molecule has 5 N–H and O–H groups in total. The van der Waals surface area contributed by atoms with Crippen molar-refractivity contribution in [2.24, 2.45) is 11.8 Å². The molecule has 0 bridgehead atoms. The smallest absolute Gasteiger partial charge is 0.405 e. The van der Waals surface area contributed by atoms with Crippen LogP contribution in [0.4, 0.5) is 4.79 Å². The summed E-state index contributed by atoms with van der Waals surface area (Å²) < 4.78 is 5.43. The summed E-state index contributed by atoms with van der Waals surface area (Å²) in [4.78, 5) is 50.4. The van der Waals surface area contributed by atoms with Gasteiger partial charge >= 0.3 is 6.09 Å². The molecule has 10 heteroatoms. The summed E-state index contributed by atoms with van der Waals surface area (Å²) in [5.41, 5.74) is 0.822. The molecule has 0 aliphatic carbocycles. The minimum atomic E-state index is -1.32. The van der Waals surface area contributed by atoms with E-state index >= 15 is 0 Å². The van der Waals surface area contributed by atoms with Gasteiger partial charge in [0, 0.05) is 18.9 Å². The van der Waals surface area contributed by atoms with Gasteiger partial charge in [-0.3, -0.25) is 14.4 Å². The van der Waals surface area contributed by atoms with Gasteiger partial charge < -0.3 is 31.1 Å². The van der Waals surface area contributed by atoms with Crippen LogP contribution in [0.15, 0.2) is 42.5 Å². The Kier molecular flexibility index (Phi) is 8.83. The normalized spacial score (nSPS) is 20.9. The highest BCUT2D eigenvalue weighted by atomic mass is 16.6. The number of ether oxygens (including phenoxy) is 1. The SMILES string of the molecule is CC(C)C[C@H](NC(=O)[C@H](Cc1cccc2ccccc12)NC(=O)O)C(=O)N[C@@H](C[C@@H]1CCNC1=O)C1CO1. The van der Waals surface area contributed by atoms with E-state index in [4.69, 9.17) is 4.74 Å². The Balaban J connectivity index is 1.47. The Hall–Kier alpha value is -3.66. The zero-order chi connectivity index (χ0) is 27.2. The minimum absolute atomic E-state index is 0.0204. The molecule has 2 aliphatic rings. The maximum atomic E-state index is 13.4. The van der Waals surface area contributed by atoms with E-state index in [-0.39, 0.29) is 42.2 Å². The molecule has 0 aromatic heterocycles. The van der Waals surface area contributed by atoms with Gasteiger partial charge in [-0.05, 0) is 41.5 Å². The van der Waals surface area contributed by atoms with Crippen molar-refractivity contribution in [3.8, 4) is 0 Å². The van der Waals surface area contributed by atoms with Crippen LogP contribution in [-0.2, 0) is 25.5 Å². The Morgan fingerprint density at radius 2 is 1.74 bits per heavy atom. The Labute approximate surface area is 221 Å². The number of fused-ring (bicyclic) bond motifs is 1. The molecule has 1 unspecified atom stereocenters. The molecular weight excluding hydrogens is 488 g/mol. The lowest BCUT2D eigenvalue weighted by atomic mass is 9.95. The molecule has 0 spiro atoms. The molecule has 2 heterocycles. The molecule has 5 atom stereocenters. The van der Waals surface area contributed by atoms with Crippen molar-refractivity contribution in [3.05, 3.63) is 48.0 Å². The number of amides is 4. The second-order valence-corrected chi connectivity index (χ2v) is 10.5. The maximum Gasteiger partial charge on any atom is 0.405 e. The number of carbonyl (C=O) groups is 4. The number of hydrogen-bond donors (Lipinski definition) is 5. The third-order valence-corrected chi connectivity index (χ3v) is 7.10. The van der Waals surface area contributed by atoms with Crippen LogP contribution in [0.2, 0.25) is 0 Å². The van der Waals surface area contributed by atoms with Crippen molar-refractivity contribution in [2.75, 3.05) is 13.2 Å². The number of nitrogens with one attached hydrogen (secondary N) is 4. The van der Waals surface area contributed by atoms with Crippen LogP contribution in [0.25, 0.3) is 10.8 Å². The molecular formula is C28H36N4O6. The summed E-state index contributed by atoms with van der Waals surface area (Å²) in [5.74, 6) is -1.06. The Morgan fingerprint density at radius 3 is 2.39 bits per heavy atom. The zero-order valence-corrected chi connectivity index (χ0v) is 21.7. The fraction of sp³-hybridized carbons (Fsp3) is 0.500. The molecule has 0 saturated carbocycles. The average Bonchev–Trinajstić information content (AvgIpc) is 3.64. The molecule has 2 saturated heterocycles. The number of epoxide rings is 1. The van der Waals surface area contributed by atoms with Gasteiger partial charge in [0.2, 0.25) is 17.7 Å². The fourth-order valence-electron chi connectivity index (χ4n) is 5.08. The van der Waals surface area contributed by atoms with Crippen LogP contribution in [0.3, 0.4) is 0 Å². The number of hydrogen-bond acceptors (Lipinski definition) is 5. The van der Waals surface area contributed by atoms with E-state index in [1.807, 2.05) is 56.3 Å². The highest BCUT2D eigenvalue weighted by molar-refractivity contribution is 5.92. The van der Waals surface area contributed by atoms with Crippen molar-refractivity contribution in [2.45, 2.75) is 63.8 Å². The van der Waals surface area contributed by atoms with Crippen LogP contribution in [0.5, 0.6) is 0 Å². The van der Waals surface area contributed by atoms with Gasteiger partial charge in [0.1, 0.15) is 18.2 Å².